The summed E-state index contributed by atoms with van der Waals surface area (Å²) >= 11 is 1.30. The molecule has 7 nitrogen and oxygen atoms in total. The van der Waals surface area contributed by atoms with Gasteiger partial charge >= 0.3 is 0 Å². The molecule has 2 aromatic rings. The number of hydrogen-bond acceptors (Lipinski definition) is 6. The molecule has 1 saturated heterocycles. The lowest BCUT2D eigenvalue weighted by Gasteiger charge is -2.10. The van der Waals surface area contributed by atoms with E-state index >= 15 is 0 Å². The molecular weight excluding hydrogens is 304 g/mol. The Morgan fingerprint density at radius 3 is 3.27 bits per heavy atom. The number of aromatic amines is 1. The fraction of sp³-hybridized carbons (Fsp3) is 0.500. The minimum absolute atomic E-state index is 0.00894. The van der Waals surface area contributed by atoms with Gasteiger partial charge in [-0.3, -0.25) is 9.89 Å². The average molecular weight is 322 g/mol. The first-order valence-corrected chi connectivity index (χ1v) is 8.20. The Bertz CT molecular complexity index is 607. The van der Waals surface area contributed by atoms with E-state index in [9.17, 15) is 4.79 Å². The highest BCUT2D eigenvalue weighted by Gasteiger charge is 2.21. The maximum Gasteiger partial charge on any atom is 0.231 e. The lowest BCUT2D eigenvalue weighted by molar-refractivity contribution is -0.119. The van der Waals surface area contributed by atoms with Crippen LogP contribution in [0.2, 0.25) is 0 Å². The second-order valence-electron chi connectivity index (χ2n) is 5.10. The van der Waals surface area contributed by atoms with Crippen LogP contribution in [0.5, 0.6) is 0 Å². The van der Waals surface area contributed by atoms with Crippen LogP contribution in [0.1, 0.15) is 43.5 Å². The van der Waals surface area contributed by atoms with Crippen LogP contribution >= 0.6 is 11.8 Å². The van der Waals surface area contributed by atoms with Crippen LogP contribution < -0.4 is 5.32 Å². The second kappa shape index (κ2) is 6.97. The van der Waals surface area contributed by atoms with Crippen LogP contribution in [0.4, 0.5) is 0 Å². The summed E-state index contributed by atoms with van der Waals surface area (Å²) in [6.45, 7) is 2.64. The third-order valence-corrected chi connectivity index (χ3v) is 4.24. The van der Waals surface area contributed by atoms with Crippen molar-refractivity contribution >= 4 is 17.7 Å². The number of furan rings is 1. The molecule has 2 N–H and O–H groups in total. The van der Waals surface area contributed by atoms with Crippen LogP contribution in [0, 0.1) is 0 Å². The van der Waals surface area contributed by atoms with Crippen molar-refractivity contribution in [2.75, 3.05) is 12.4 Å². The first-order chi connectivity index (χ1) is 10.7. The fourth-order valence-electron chi connectivity index (χ4n) is 2.28. The van der Waals surface area contributed by atoms with Gasteiger partial charge in [0.15, 0.2) is 5.82 Å². The number of H-pyrrole nitrogens is 1. The van der Waals surface area contributed by atoms with Gasteiger partial charge in [-0.25, -0.2) is 4.98 Å². The molecule has 1 fully saturated rings. The van der Waals surface area contributed by atoms with Crippen LogP contribution in [-0.4, -0.2) is 33.4 Å². The Morgan fingerprint density at radius 1 is 1.64 bits per heavy atom. The van der Waals surface area contributed by atoms with Gasteiger partial charge in [-0.05, 0) is 31.9 Å². The number of ether oxygens (including phenoxy) is 1. The van der Waals surface area contributed by atoms with Crippen molar-refractivity contribution in [1.29, 1.82) is 0 Å². The molecule has 22 heavy (non-hydrogen) atoms. The predicted octanol–water partition coefficient (Wildman–Crippen LogP) is 2.22. The first-order valence-electron chi connectivity index (χ1n) is 7.22. The molecule has 118 valence electrons. The molecule has 2 aromatic heterocycles. The van der Waals surface area contributed by atoms with Gasteiger partial charge in [-0.2, -0.15) is 0 Å². The van der Waals surface area contributed by atoms with Crippen molar-refractivity contribution < 1.29 is 13.9 Å². The van der Waals surface area contributed by atoms with E-state index in [0.29, 0.717) is 5.16 Å². The largest absolute Gasteiger partial charge is 0.467 e. The van der Waals surface area contributed by atoms with Crippen molar-refractivity contribution in [3.8, 4) is 0 Å². The van der Waals surface area contributed by atoms with Gasteiger partial charge in [0.1, 0.15) is 11.9 Å². The van der Waals surface area contributed by atoms with Gasteiger partial charge in [-0.15, -0.1) is 5.10 Å². The van der Waals surface area contributed by atoms with Gasteiger partial charge in [0.25, 0.3) is 0 Å². The Hall–Kier alpha value is -1.80. The summed E-state index contributed by atoms with van der Waals surface area (Å²) in [6.07, 6.45) is 3.60. The summed E-state index contributed by atoms with van der Waals surface area (Å²) in [6, 6.07) is 3.48. The molecule has 0 saturated carbocycles. The topological polar surface area (TPSA) is 93.0 Å². The van der Waals surface area contributed by atoms with Crippen LogP contribution in [-0.2, 0) is 9.53 Å². The van der Waals surface area contributed by atoms with Gasteiger partial charge in [-0.1, -0.05) is 11.8 Å². The summed E-state index contributed by atoms with van der Waals surface area (Å²) in [5, 5.41) is 10.4. The van der Waals surface area contributed by atoms with Crippen molar-refractivity contribution in [3.05, 3.63) is 30.0 Å². The molecule has 0 bridgehead atoms. The number of amides is 1. The molecule has 2 unspecified atom stereocenters. The molecule has 1 amide bonds. The summed E-state index contributed by atoms with van der Waals surface area (Å²) in [4.78, 5) is 16.3. The lowest BCUT2D eigenvalue weighted by atomic mass is 10.2. The highest BCUT2D eigenvalue weighted by Crippen LogP contribution is 2.26. The van der Waals surface area contributed by atoms with E-state index in [1.165, 1.54) is 11.8 Å². The second-order valence-corrected chi connectivity index (χ2v) is 6.04. The zero-order valence-electron chi connectivity index (χ0n) is 12.2. The predicted molar refractivity (Wildman–Crippen MR) is 80.3 cm³/mol. The van der Waals surface area contributed by atoms with Crippen molar-refractivity contribution in [2.45, 2.75) is 37.1 Å². The Balaban J connectivity index is 1.46. The molecule has 8 heteroatoms. The van der Waals surface area contributed by atoms with Gasteiger partial charge < -0.3 is 14.5 Å². The first kappa shape index (κ1) is 15.1. The van der Waals surface area contributed by atoms with Crippen molar-refractivity contribution in [3.63, 3.8) is 0 Å². The van der Waals surface area contributed by atoms with E-state index in [1.807, 2.05) is 13.0 Å². The third kappa shape index (κ3) is 3.69. The van der Waals surface area contributed by atoms with Gasteiger partial charge in [0.2, 0.25) is 11.1 Å². The van der Waals surface area contributed by atoms with E-state index in [0.717, 1.165) is 31.0 Å². The molecule has 0 spiro atoms. The quantitative estimate of drug-likeness (QED) is 0.792. The monoisotopic (exact) mass is 322 g/mol. The average Bonchev–Trinajstić information content (AvgIpc) is 3.25. The maximum atomic E-state index is 11.9. The number of thioether (sulfide) groups is 1. The van der Waals surface area contributed by atoms with Gasteiger partial charge in [0.05, 0.1) is 18.1 Å². The Morgan fingerprint density at radius 2 is 2.55 bits per heavy atom. The molecule has 0 aliphatic carbocycles. The minimum Gasteiger partial charge on any atom is -0.467 e. The molecule has 3 heterocycles. The normalized spacial score (nSPS) is 19.2. The molecule has 1 aliphatic heterocycles. The third-order valence-electron chi connectivity index (χ3n) is 3.40. The van der Waals surface area contributed by atoms with Crippen LogP contribution in [0.25, 0.3) is 0 Å². The fourth-order valence-corrected chi connectivity index (χ4v) is 2.90. The number of nitrogens with zero attached hydrogens (tertiary/aromatic N) is 2. The lowest BCUT2D eigenvalue weighted by Crippen LogP contribution is -2.27. The molecule has 2 atom stereocenters. The number of hydrogen-bond donors (Lipinski definition) is 2. The summed E-state index contributed by atoms with van der Waals surface area (Å²) in [5.41, 5.74) is 0. The SMILES string of the molecule is CC(NC(=O)CSc1n[nH]c(C2CCCO2)n1)c1ccco1. The molecule has 0 radical (unpaired) electrons. The van der Waals surface area contributed by atoms with Crippen molar-refractivity contribution in [1.82, 2.24) is 20.5 Å². The highest BCUT2D eigenvalue weighted by molar-refractivity contribution is 7.99. The maximum absolute atomic E-state index is 11.9. The number of aromatic nitrogens is 3. The molecule has 1 aliphatic rings. The van der Waals surface area contributed by atoms with Crippen LogP contribution in [0.15, 0.2) is 28.0 Å². The van der Waals surface area contributed by atoms with E-state index in [1.54, 1.807) is 12.3 Å². The summed E-state index contributed by atoms with van der Waals surface area (Å²) in [7, 11) is 0. The van der Waals surface area contributed by atoms with E-state index < -0.39 is 0 Å². The summed E-state index contributed by atoms with van der Waals surface area (Å²) in [5.74, 6) is 1.65. The Labute approximate surface area is 132 Å². The standard InChI is InChI=1S/C14H18N4O3S/c1-9(10-4-2-6-20-10)15-12(19)8-22-14-16-13(17-18-14)11-5-3-7-21-11/h2,4,6,9,11H,3,5,7-8H2,1H3,(H,15,19)(H,16,17,18). The zero-order chi connectivity index (χ0) is 15.4. The number of nitrogens with one attached hydrogen (secondary N) is 2. The highest BCUT2D eigenvalue weighted by atomic mass is 32.2. The van der Waals surface area contributed by atoms with Gasteiger partial charge in [0, 0.05) is 6.61 Å². The van der Waals surface area contributed by atoms with E-state index in [-0.39, 0.29) is 23.8 Å². The Kier molecular flexibility index (Phi) is 4.79. The molecule has 0 aromatic carbocycles. The minimum atomic E-state index is -0.155. The van der Waals surface area contributed by atoms with E-state index in [2.05, 4.69) is 20.5 Å². The summed E-state index contributed by atoms with van der Waals surface area (Å²) < 4.78 is 10.8. The molecular formula is C14H18N4O3S. The number of carbonyl (C=O) groups excluding carboxylic acids is 1. The zero-order valence-corrected chi connectivity index (χ0v) is 13.1. The number of rotatable bonds is 6. The van der Waals surface area contributed by atoms with Crippen molar-refractivity contribution in [2.24, 2.45) is 0 Å². The molecule has 3 rings (SSSR count). The smallest absolute Gasteiger partial charge is 0.231 e. The van der Waals surface area contributed by atoms with E-state index in [4.69, 9.17) is 9.15 Å². The number of carbonyl (C=O) groups is 1. The van der Waals surface area contributed by atoms with Crippen LogP contribution in [0.3, 0.4) is 0 Å².